The second-order valence-corrected chi connectivity index (χ2v) is 6.52. The Labute approximate surface area is 167 Å². The molecular formula is C20H24FN3O3S. The number of halogens is 1. The van der Waals surface area contributed by atoms with Crippen LogP contribution in [0.3, 0.4) is 0 Å². The highest BCUT2D eigenvalue weighted by molar-refractivity contribution is 7.13. The van der Waals surface area contributed by atoms with Crippen LogP contribution in [0.4, 0.5) is 15.8 Å². The average molecular weight is 405 g/mol. The van der Waals surface area contributed by atoms with Gasteiger partial charge < -0.3 is 10.4 Å². The molecule has 1 heterocycles. The predicted molar refractivity (Wildman–Crippen MR) is 111 cm³/mol. The number of aryl methyl sites for hydroxylation is 1. The van der Waals surface area contributed by atoms with Crippen molar-refractivity contribution in [2.45, 2.75) is 27.2 Å². The lowest BCUT2D eigenvalue weighted by molar-refractivity contribution is 0.0262. The van der Waals surface area contributed by atoms with Crippen LogP contribution in [0.15, 0.2) is 36.5 Å². The number of carbonyl (C=O) groups excluding carboxylic acids is 1. The Morgan fingerprint density at radius 2 is 2.07 bits per heavy atom. The maximum atomic E-state index is 14.3. The molecule has 0 fully saturated rings. The molecule has 0 unspecified atom stereocenters. The van der Waals surface area contributed by atoms with E-state index in [1.807, 2.05) is 13.8 Å². The highest BCUT2D eigenvalue weighted by Crippen LogP contribution is 2.33. The standard InChI is InChI=1S/C18H18FN3O3S.C2H6/c1-11-3-5-15(14(19)9-11)21-17-12(18(24)22-25-8-2-7-23)4-6-16-13(17)10-20-26-16;1-2/h3-6,9-10,21,23H,2,7-8H2,1H3,(H,22,24);1-2H3. The first kappa shape index (κ1) is 21.7. The van der Waals surface area contributed by atoms with Crippen LogP contribution < -0.4 is 10.8 Å². The molecule has 3 rings (SSSR count). The topological polar surface area (TPSA) is 83.5 Å². The molecule has 0 bridgehead atoms. The fourth-order valence-corrected chi connectivity index (χ4v) is 3.09. The van der Waals surface area contributed by atoms with Gasteiger partial charge in [0.2, 0.25) is 0 Å². The lowest BCUT2D eigenvalue weighted by atomic mass is 10.1. The maximum absolute atomic E-state index is 14.3. The first-order chi connectivity index (χ1) is 13.6. The van der Waals surface area contributed by atoms with Crippen LogP contribution in [0.1, 0.15) is 36.2 Å². The Morgan fingerprint density at radius 3 is 2.79 bits per heavy atom. The fraction of sp³-hybridized carbons (Fsp3) is 0.300. The summed E-state index contributed by atoms with van der Waals surface area (Å²) >= 11 is 1.29. The number of hydrogen-bond donors (Lipinski definition) is 3. The summed E-state index contributed by atoms with van der Waals surface area (Å²) in [5.41, 5.74) is 4.18. The lowest BCUT2D eigenvalue weighted by Gasteiger charge is -2.14. The summed E-state index contributed by atoms with van der Waals surface area (Å²) < 4.78 is 19.3. The van der Waals surface area contributed by atoms with Crippen molar-refractivity contribution in [2.24, 2.45) is 0 Å². The van der Waals surface area contributed by atoms with E-state index in [4.69, 9.17) is 9.94 Å². The van der Waals surface area contributed by atoms with Gasteiger partial charge in [-0.25, -0.2) is 9.87 Å². The van der Waals surface area contributed by atoms with Gasteiger partial charge in [0.25, 0.3) is 5.91 Å². The van der Waals surface area contributed by atoms with E-state index in [2.05, 4.69) is 15.2 Å². The Balaban J connectivity index is 0.00000136. The summed E-state index contributed by atoms with van der Waals surface area (Å²) in [6, 6.07) is 8.26. The third kappa shape index (κ3) is 5.25. The number of hydrogen-bond acceptors (Lipinski definition) is 6. The van der Waals surface area contributed by atoms with Crippen molar-refractivity contribution in [3.63, 3.8) is 0 Å². The molecule has 1 aromatic heterocycles. The number of hydroxylamine groups is 1. The number of anilines is 2. The number of aromatic nitrogens is 1. The summed E-state index contributed by atoms with van der Waals surface area (Å²) in [4.78, 5) is 17.5. The number of benzene rings is 2. The summed E-state index contributed by atoms with van der Waals surface area (Å²) in [6.45, 7) is 5.97. The normalized spacial score (nSPS) is 10.3. The molecule has 150 valence electrons. The van der Waals surface area contributed by atoms with Crippen LogP contribution in [0, 0.1) is 12.7 Å². The number of carbonyl (C=O) groups is 1. The summed E-state index contributed by atoms with van der Waals surface area (Å²) in [6.07, 6.45) is 2.05. The molecule has 2 aromatic carbocycles. The molecule has 0 atom stereocenters. The molecule has 0 saturated carbocycles. The summed E-state index contributed by atoms with van der Waals surface area (Å²) in [5, 5.41) is 12.5. The molecule has 0 radical (unpaired) electrons. The number of amides is 1. The van der Waals surface area contributed by atoms with Crippen LogP contribution in [0.5, 0.6) is 0 Å². The Kier molecular flexibility index (Phi) is 8.31. The van der Waals surface area contributed by atoms with Gasteiger partial charge in [-0.2, -0.15) is 4.37 Å². The fourth-order valence-electron chi connectivity index (χ4n) is 2.43. The van der Waals surface area contributed by atoms with E-state index in [0.717, 1.165) is 15.6 Å². The van der Waals surface area contributed by atoms with Crippen LogP contribution >= 0.6 is 11.5 Å². The van der Waals surface area contributed by atoms with Gasteiger partial charge in [0.05, 0.1) is 34.4 Å². The van der Waals surface area contributed by atoms with E-state index in [9.17, 15) is 9.18 Å². The van der Waals surface area contributed by atoms with E-state index in [-0.39, 0.29) is 18.9 Å². The van der Waals surface area contributed by atoms with E-state index >= 15 is 0 Å². The maximum Gasteiger partial charge on any atom is 0.276 e. The zero-order valence-corrected chi connectivity index (χ0v) is 16.9. The van der Waals surface area contributed by atoms with Crippen LogP contribution in [0.2, 0.25) is 0 Å². The monoisotopic (exact) mass is 405 g/mol. The third-order valence-corrected chi connectivity index (χ3v) is 4.50. The van der Waals surface area contributed by atoms with Gasteiger partial charge in [-0.05, 0) is 54.7 Å². The van der Waals surface area contributed by atoms with Crippen LogP contribution in [-0.2, 0) is 4.84 Å². The first-order valence-corrected chi connectivity index (χ1v) is 9.81. The molecule has 0 aliphatic heterocycles. The minimum absolute atomic E-state index is 0.0259. The molecule has 8 heteroatoms. The number of rotatable bonds is 7. The number of fused-ring (bicyclic) bond motifs is 1. The quantitative estimate of drug-likeness (QED) is 0.397. The van der Waals surface area contributed by atoms with Gasteiger partial charge in [-0.3, -0.25) is 9.63 Å². The van der Waals surface area contributed by atoms with Crippen LogP contribution in [-0.4, -0.2) is 28.6 Å². The minimum Gasteiger partial charge on any atom is -0.396 e. The molecule has 3 aromatic rings. The lowest BCUT2D eigenvalue weighted by Crippen LogP contribution is -2.25. The van der Waals surface area contributed by atoms with Gasteiger partial charge in [-0.1, -0.05) is 19.9 Å². The molecule has 3 N–H and O–H groups in total. The molecule has 0 saturated heterocycles. The van der Waals surface area contributed by atoms with Gasteiger partial charge in [0.15, 0.2) is 0 Å². The predicted octanol–water partition coefficient (Wildman–Crippen LogP) is 4.56. The number of nitrogens with one attached hydrogen (secondary N) is 2. The zero-order chi connectivity index (χ0) is 20.5. The number of aliphatic hydroxyl groups excluding tert-OH is 1. The summed E-state index contributed by atoms with van der Waals surface area (Å²) in [5.74, 6) is -0.873. The first-order valence-electron chi connectivity index (χ1n) is 9.03. The van der Waals surface area contributed by atoms with E-state index in [0.29, 0.717) is 17.7 Å². The van der Waals surface area contributed by atoms with Crippen molar-refractivity contribution in [3.05, 3.63) is 53.5 Å². The minimum atomic E-state index is -0.467. The smallest absolute Gasteiger partial charge is 0.276 e. The molecule has 6 nitrogen and oxygen atoms in total. The molecule has 0 aliphatic rings. The molecular weight excluding hydrogens is 381 g/mol. The zero-order valence-electron chi connectivity index (χ0n) is 16.1. The second-order valence-electron chi connectivity index (χ2n) is 5.69. The van der Waals surface area contributed by atoms with Crippen LogP contribution in [0.25, 0.3) is 10.1 Å². The summed E-state index contributed by atoms with van der Waals surface area (Å²) in [7, 11) is 0. The average Bonchev–Trinajstić information content (AvgIpc) is 3.18. The highest BCUT2D eigenvalue weighted by Gasteiger charge is 2.17. The molecule has 0 spiro atoms. The van der Waals surface area contributed by atoms with Crippen molar-refractivity contribution in [1.29, 1.82) is 0 Å². The van der Waals surface area contributed by atoms with E-state index in [1.54, 1.807) is 37.4 Å². The van der Waals surface area contributed by atoms with E-state index < -0.39 is 11.7 Å². The molecule has 0 aliphatic carbocycles. The molecule has 28 heavy (non-hydrogen) atoms. The van der Waals surface area contributed by atoms with Gasteiger partial charge in [0.1, 0.15) is 5.82 Å². The van der Waals surface area contributed by atoms with Crippen molar-refractivity contribution in [3.8, 4) is 0 Å². The number of aliphatic hydroxyl groups is 1. The largest absolute Gasteiger partial charge is 0.396 e. The highest BCUT2D eigenvalue weighted by atomic mass is 32.1. The van der Waals surface area contributed by atoms with Gasteiger partial charge >= 0.3 is 0 Å². The van der Waals surface area contributed by atoms with E-state index in [1.165, 1.54) is 17.6 Å². The van der Waals surface area contributed by atoms with Crippen molar-refractivity contribution in [2.75, 3.05) is 18.5 Å². The molecule has 1 amide bonds. The van der Waals surface area contributed by atoms with Crippen molar-refractivity contribution >= 4 is 38.9 Å². The van der Waals surface area contributed by atoms with Gasteiger partial charge in [0, 0.05) is 12.0 Å². The van der Waals surface area contributed by atoms with Gasteiger partial charge in [-0.15, -0.1) is 0 Å². The Bertz CT molecular complexity index is 930. The Morgan fingerprint density at radius 1 is 1.29 bits per heavy atom. The van der Waals surface area contributed by atoms with Crippen molar-refractivity contribution in [1.82, 2.24) is 9.85 Å². The van der Waals surface area contributed by atoms with Crippen molar-refractivity contribution < 1.29 is 19.1 Å². The number of nitrogens with zero attached hydrogens (tertiary/aromatic N) is 1. The Hall–Kier alpha value is -2.55. The third-order valence-electron chi connectivity index (χ3n) is 3.74. The SMILES string of the molecule is CC.Cc1ccc(Nc2c(C(=O)NOCCCO)ccc3sncc23)c(F)c1. The second kappa shape index (κ2) is 10.7.